The largest absolute Gasteiger partial charge is 0.493 e. The Morgan fingerprint density at radius 3 is 2.68 bits per heavy atom. The maximum atomic E-state index is 12.0. The third-order valence-electron chi connectivity index (χ3n) is 5.51. The molecule has 136 valence electrons. The van der Waals surface area contributed by atoms with Crippen LogP contribution in [0.3, 0.4) is 0 Å². The highest BCUT2D eigenvalue weighted by Gasteiger charge is 2.42. The smallest absolute Gasteiger partial charge is 0.309 e. The highest BCUT2D eigenvalue weighted by Crippen LogP contribution is 2.49. The second-order valence-electron chi connectivity index (χ2n) is 7.27. The Balaban J connectivity index is 1.30. The van der Waals surface area contributed by atoms with Gasteiger partial charge in [-0.2, -0.15) is 0 Å². The van der Waals surface area contributed by atoms with Gasteiger partial charge in [0.25, 0.3) is 5.91 Å². The predicted octanol–water partition coefficient (Wildman–Crippen LogP) is 2.94. The molecule has 1 N–H and O–H groups in total. The molecule has 0 saturated heterocycles. The fourth-order valence-electron chi connectivity index (χ4n) is 4.30. The molecule has 0 aliphatic heterocycles. The molecule has 0 aromatic heterocycles. The molecule has 3 rings (SSSR count). The molecule has 2 aliphatic rings. The molecule has 1 aromatic rings. The van der Waals surface area contributed by atoms with Gasteiger partial charge < -0.3 is 14.8 Å². The summed E-state index contributed by atoms with van der Waals surface area (Å²) in [5, 5.41) is 3.00. The highest BCUT2D eigenvalue weighted by molar-refractivity contribution is 5.80. The fourth-order valence-corrected chi connectivity index (χ4v) is 4.30. The summed E-state index contributed by atoms with van der Waals surface area (Å²) in [5.41, 5.74) is 0. The maximum absolute atomic E-state index is 12.0. The topological polar surface area (TPSA) is 64.6 Å². The number of esters is 1. The van der Waals surface area contributed by atoms with Gasteiger partial charge in [0.05, 0.1) is 13.0 Å². The van der Waals surface area contributed by atoms with E-state index in [0.29, 0.717) is 11.7 Å². The normalized spacial score (nSPS) is 25.4. The van der Waals surface area contributed by atoms with E-state index >= 15 is 0 Å². The molecular weight excluding hydrogens is 318 g/mol. The molecule has 0 unspecified atom stereocenters. The maximum Gasteiger partial charge on any atom is 0.309 e. The molecule has 1 aromatic carbocycles. The van der Waals surface area contributed by atoms with Crippen LogP contribution in [0.5, 0.6) is 5.75 Å². The first-order valence-corrected chi connectivity index (χ1v) is 9.24. The minimum atomic E-state index is -0.418. The van der Waals surface area contributed by atoms with E-state index in [1.165, 1.54) is 25.7 Å². The minimum absolute atomic E-state index is 0.129. The Bertz CT molecular complexity index is 589. The van der Waals surface area contributed by atoms with Gasteiger partial charge in [-0.1, -0.05) is 24.6 Å². The van der Waals surface area contributed by atoms with Crippen LogP contribution in [0, 0.1) is 17.8 Å². The number of rotatable bonds is 8. The van der Waals surface area contributed by atoms with Crippen molar-refractivity contribution < 1.29 is 19.1 Å². The molecule has 2 saturated carbocycles. The second-order valence-corrected chi connectivity index (χ2v) is 7.27. The van der Waals surface area contributed by atoms with E-state index in [0.717, 1.165) is 11.8 Å². The lowest BCUT2D eigenvalue weighted by Crippen LogP contribution is -2.42. The number of ether oxygens (including phenoxy) is 2. The Hall–Kier alpha value is -2.04. The Morgan fingerprint density at radius 2 is 2.00 bits per heavy atom. The van der Waals surface area contributed by atoms with E-state index in [2.05, 4.69) is 12.2 Å². The van der Waals surface area contributed by atoms with Crippen LogP contribution in [0.25, 0.3) is 0 Å². The molecule has 0 heterocycles. The van der Waals surface area contributed by atoms with Crippen molar-refractivity contribution in [3.05, 3.63) is 30.3 Å². The van der Waals surface area contributed by atoms with Crippen molar-refractivity contribution in [3.63, 3.8) is 0 Å². The van der Waals surface area contributed by atoms with E-state index in [4.69, 9.17) is 9.47 Å². The lowest BCUT2D eigenvalue weighted by atomic mass is 9.84. The third kappa shape index (κ3) is 4.97. The summed E-state index contributed by atoms with van der Waals surface area (Å²) < 4.78 is 10.5. The fraction of sp³-hybridized carbons (Fsp3) is 0.600. The molecule has 2 fully saturated rings. The molecule has 5 heteroatoms. The lowest BCUT2D eigenvalue weighted by molar-refractivity contribution is -0.149. The summed E-state index contributed by atoms with van der Waals surface area (Å²) in [4.78, 5) is 23.7. The van der Waals surface area contributed by atoms with E-state index in [-0.39, 0.29) is 31.6 Å². The number of nitrogens with one attached hydrogen (secondary N) is 1. The van der Waals surface area contributed by atoms with Gasteiger partial charge in [0.1, 0.15) is 5.75 Å². The summed E-state index contributed by atoms with van der Waals surface area (Å²) in [7, 11) is 0. The number of hydrogen-bond donors (Lipinski definition) is 1. The molecule has 1 amide bonds. The van der Waals surface area contributed by atoms with E-state index in [1.54, 1.807) is 0 Å². The van der Waals surface area contributed by atoms with Crippen molar-refractivity contribution >= 4 is 11.9 Å². The second kappa shape index (κ2) is 8.37. The van der Waals surface area contributed by atoms with Gasteiger partial charge in [0, 0.05) is 6.04 Å². The van der Waals surface area contributed by atoms with Crippen molar-refractivity contribution in [2.24, 2.45) is 17.8 Å². The van der Waals surface area contributed by atoms with Gasteiger partial charge in [-0.15, -0.1) is 0 Å². The average Bonchev–Trinajstić information content (AvgIpc) is 3.24. The minimum Gasteiger partial charge on any atom is -0.493 e. The number of carbonyl (C=O) groups excluding carboxylic acids is 2. The monoisotopic (exact) mass is 345 g/mol. The van der Waals surface area contributed by atoms with Crippen LogP contribution in [0.4, 0.5) is 0 Å². The van der Waals surface area contributed by atoms with Gasteiger partial charge in [-0.3, -0.25) is 9.59 Å². The molecule has 0 radical (unpaired) electrons. The van der Waals surface area contributed by atoms with Gasteiger partial charge in [0.2, 0.25) is 0 Å². The number of carbonyl (C=O) groups is 2. The van der Waals surface area contributed by atoms with Gasteiger partial charge in [0.15, 0.2) is 6.61 Å². The van der Waals surface area contributed by atoms with Crippen molar-refractivity contribution in [1.82, 2.24) is 5.32 Å². The van der Waals surface area contributed by atoms with Crippen molar-refractivity contribution in [2.75, 3.05) is 13.2 Å². The van der Waals surface area contributed by atoms with E-state index in [9.17, 15) is 9.59 Å². The van der Waals surface area contributed by atoms with Crippen molar-refractivity contribution in [1.29, 1.82) is 0 Å². The first-order valence-electron chi connectivity index (χ1n) is 9.24. The Kier molecular flexibility index (Phi) is 5.95. The quantitative estimate of drug-likeness (QED) is 0.736. The number of fused-ring (bicyclic) bond motifs is 2. The predicted molar refractivity (Wildman–Crippen MR) is 94.1 cm³/mol. The molecule has 2 bridgehead atoms. The van der Waals surface area contributed by atoms with Gasteiger partial charge >= 0.3 is 5.97 Å². The number of para-hydroxylation sites is 1. The highest BCUT2D eigenvalue weighted by atomic mass is 16.5. The molecule has 4 atom stereocenters. The van der Waals surface area contributed by atoms with E-state index in [1.807, 2.05) is 30.3 Å². The van der Waals surface area contributed by atoms with Crippen LogP contribution >= 0.6 is 0 Å². The zero-order valence-electron chi connectivity index (χ0n) is 14.8. The Morgan fingerprint density at radius 1 is 1.20 bits per heavy atom. The van der Waals surface area contributed by atoms with Crippen molar-refractivity contribution in [2.45, 2.75) is 45.1 Å². The van der Waals surface area contributed by atoms with Crippen LogP contribution < -0.4 is 10.1 Å². The molecule has 25 heavy (non-hydrogen) atoms. The average molecular weight is 345 g/mol. The first kappa shape index (κ1) is 17.8. The Labute approximate surface area is 149 Å². The summed E-state index contributed by atoms with van der Waals surface area (Å²) in [6.07, 6.45) is 5.32. The lowest BCUT2D eigenvalue weighted by Gasteiger charge is -2.28. The molecule has 0 spiro atoms. The zero-order chi connectivity index (χ0) is 17.6. The first-order chi connectivity index (χ1) is 12.1. The SMILES string of the molecule is C[C@H](NC(=O)COC(=O)CCOc1ccccc1)[C@@H]1C[C@H]2CC[C@H]1C2. The van der Waals surface area contributed by atoms with Crippen LogP contribution in [-0.2, 0) is 14.3 Å². The van der Waals surface area contributed by atoms with Gasteiger partial charge in [-0.05, 0) is 56.1 Å². The number of benzene rings is 1. The van der Waals surface area contributed by atoms with Crippen LogP contribution in [0.1, 0.15) is 39.0 Å². The summed E-state index contributed by atoms with van der Waals surface area (Å²) in [6, 6.07) is 9.45. The molecular formula is C20H27NO4. The molecule has 2 aliphatic carbocycles. The summed E-state index contributed by atoms with van der Waals surface area (Å²) in [5.74, 6) is 2.28. The zero-order valence-corrected chi connectivity index (χ0v) is 14.8. The van der Waals surface area contributed by atoms with Gasteiger partial charge in [-0.25, -0.2) is 0 Å². The molecule has 5 nitrogen and oxygen atoms in total. The standard InChI is InChI=1S/C20H27NO4/c1-14(18-12-15-7-8-16(18)11-15)21-19(22)13-25-20(23)9-10-24-17-5-3-2-4-6-17/h2-6,14-16,18H,7-13H2,1H3,(H,21,22)/t14-,15-,16-,18-/m0/s1. The van der Waals surface area contributed by atoms with Crippen LogP contribution in [0.2, 0.25) is 0 Å². The van der Waals surface area contributed by atoms with Crippen molar-refractivity contribution in [3.8, 4) is 5.75 Å². The summed E-state index contributed by atoms with van der Waals surface area (Å²) in [6.45, 7) is 2.10. The van der Waals surface area contributed by atoms with Crippen LogP contribution in [0.15, 0.2) is 30.3 Å². The number of hydrogen-bond acceptors (Lipinski definition) is 4. The van der Waals surface area contributed by atoms with E-state index < -0.39 is 5.97 Å². The number of amides is 1. The third-order valence-corrected chi connectivity index (χ3v) is 5.51. The summed E-state index contributed by atoms with van der Waals surface area (Å²) >= 11 is 0. The van der Waals surface area contributed by atoms with Crippen LogP contribution in [-0.4, -0.2) is 31.1 Å².